The molecule has 3 heteroatoms. The van der Waals surface area contributed by atoms with Gasteiger partial charge in [-0.2, -0.15) is 0 Å². The van der Waals surface area contributed by atoms with E-state index in [1.807, 2.05) is 42.5 Å². The second-order valence-electron chi connectivity index (χ2n) is 7.74. The van der Waals surface area contributed by atoms with Crippen LogP contribution in [0.3, 0.4) is 0 Å². The van der Waals surface area contributed by atoms with Gasteiger partial charge in [-0.1, -0.05) is 60.7 Å². The maximum atomic E-state index is 7.25. The number of benzene rings is 5. The molecule has 1 aromatic heterocycles. The summed E-state index contributed by atoms with van der Waals surface area (Å²) < 4.78 is 6.29. The summed E-state index contributed by atoms with van der Waals surface area (Å²) >= 11 is 0. The van der Waals surface area contributed by atoms with Crippen LogP contribution in [0.4, 0.5) is 22.7 Å². The molecule has 6 aromatic rings. The molecule has 3 nitrogen and oxygen atoms in total. The smallest absolute Gasteiger partial charge is 0.187 e. The van der Waals surface area contributed by atoms with E-state index in [9.17, 15) is 0 Å². The first-order chi connectivity index (χ1) is 15.8. The molecule has 32 heavy (non-hydrogen) atoms. The third kappa shape index (κ3) is 2.90. The molecule has 0 spiro atoms. The molecule has 0 aliphatic carbocycles. The third-order valence-corrected chi connectivity index (χ3v) is 5.85. The Kier molecular flexibility index (Phi) is 4.16. The number of furan rings is 1. The van der Waals surface area contributed by atoms with E-state index in [2.05, 4.69) is 76.5 Å². The first-order valence-corrected chi connectivity index (χ1v) is 10.5. The summed E-state index contributed by atoms with van der Waals surface area (Å²) in [6.07, 6.45) is 0. The number of rotatable bonds is 3. The van der Waals surface area contributed by atoms with E-state index >= 15 is 0 Å². The van der Waals surface area contributed by atoms with Gasteiger partial charge in [0.2, 0.25) is 0 Å². The van der Waals surface area contributed by atoms with Gasteiger partial charge in [-0.25, -0.2) is 4.85 Å². The van der Waals surface area contributed by atoms with Crippen LogP contribution in [0.1, 0.15) is 0 Å². The van der Waals surface area contributed by atoms with E-state index in [0.29, 0.717) is 5.69 Å². The van der Waals surface area contributed by atoms with Crippen molar-refractivity contribution in [2.24, 2.45) is 0 Å². The van der Waals surface area contributed by atoms with Gasteiger partial charge in [-0.3, -0.25) is 0 Å². The topological polar surface area (TPSA) is 20.7 Å². The van der Waals surface area contributed by atoms with E-state index in [1.54, 1.807) is 0 Å². The Morgan fingerprint density at radius 1 is 0.594 bits per heavy atom. The quantitative estimate of drug-likeness (QED) is 0.272. The van der Waals surface area contributed by atoms with Gasteiger partial charge in [0.05, 0.1) is 6.57 Å². The number of hydrogen-bond donors (Lipinski definition) is 0. The second-order valence-corrected chi connectivity index (χ2v) is 7.74. The van der Waals surface area contributed by atoms with Crippen molar-refractivity contribution in [3.63, 3.8) is 0 Å². The van der Waals surface area contributed by atoms with Crippen molar-refractivity contribution < 1.29 is 4.42 Å². The number of anilines is 3. The summed E-state index contributed by atoms with van der Waals surface area (Å²) in [7, 11) is 0. The Morgan fingerprint density at radius 3 is 2.12 bits per heavy atom. The fraction of sp³-hybridized carbons (Fsp3) is 0. The molecule has 5 aromatic carbocycles. The summed E-state index contributed by atoms with van der Waals surface area (Å²) in [5.74, 6) is 0. The predicted molar refractivity (Wildman–Crippen MR) is 132 cm³/mol. The normalized spacial score (nSPS) is 11.1. The molecule has 150 valence electrons. The fourth-order valence-corrected chi connectivity index (χ4v) is 4.37. The first-order valence-electron chi connectivity index (χ1n) is 10.5. The van der Waals surface area contributed by atoms with Crippen LogP contribution in [0.15, 0.2) is 114 Å². The van der Waals surface area contributed by atoms with Crippen LogP contribution in [0.5, 0.6) is 0 Å². The van der Waals surface area contributed by atoms with Crippen molar-refractivity contribution in [2.75, 3.05) is 4.90 Å². The molecule has 0 unspecified atom stereocenters. The van der Waals surface area contributed by atoms with Crippen molar-refractivity contribution in [2.45, 2.75) is 0 Å². The lowest BCUT2D eigenvalue weighted by atomic mass is 10.0. The Labute approximate surface area is 185 Å². The van der Waals surface area contributed by atoms with Gasteiger partial charge < -0.3 is 9.32 Å². The van der Waals surface area contributed by atoms with Gasteiger partial charge in [0.15, 0.2) is 5.69 Å². The third-order valence-electron chi connectivity index (χ3n) is 5.85. The van der Waals surface area contributed by atoms with E-state index in [0.717, 1.165) is 39.0 Å². The van der Waals surface area contributed by atoms with Crippen LogP contribution in [0.25, 0.3) is 37.6 Å². The average Bonchev–Trinajstić information content (AvgIpc) is 3.24. The first kappa shape index (κ1) is 18.2. The van der Waals surface area contributed by atoms with Gasteiger partial charge in [0.25, 0.3) is 0 Å². The Morgan fingerprint density at radius 2 is 1.31 bits per heavy atom. The summed E-state index contributed by atoms with van der Waals surface area (Å²) in [6.45, 7) is 7.25. The highest BCUT2D eigenvalue weighted by Gasteiger charge is 2.16. The standard InChI is InChI=1S/C29H18N2O/c1-30-21-12-14-23(15-13-21)31(22-8-3-2-4-9-22)24-16-17-26-28(19-24)32-27-18-11-20-7-5-6-10-25(20)29(26)27/h2-19H. The minimum atomic E-state index is 0.626. The van der Waals surface area contributed by atoms with Gasteiger partial charge in [0, 0.05) is 33.9 Å². The molecule has 0 aliphatic rings. The highest BCUT2D eigenvalue weighted by atomic mass is 16.3. The lowest BCUT2D eigenvalue weighted by Crippen LogP contribution is -2.09. The zero-order valence-corrected chi connectivity index (χ0v) is 17.2. The van der Waals surface area contributed by atoms with E-state index in [-0.39, 0.29) is 0 Å². The molecule has 0 saturated heterocycles. The largest absolute Gasteiger partial charge is 0.456 e. The average molecular weight is 410 g/mol. The zero-order valence-electron chi connectivity index (χ0n) is 17.2. The minimum absolute atomic E-state index is 0.626. The molecular weight excluding hydrogens is 392 g/mol. The van der Waals surface area contributed by atoms with Gasteiger partial charge in [-0.05, 0) is 53.2 Å². The summed E-state index contributed by atoms with van der Waals surface area (Å²) in [5.41, 5.74) is 5.41. The molecule has 0 radical (unpaired) electrons. The van der Waals surface area contributed by atoms with Gasteiger partial charge in [0.1, 0.15) is 11.2 Å². The van der Waals surface area contributed by atoms with Crippen LogP contribution in [0, 0.1) is 6.57 Å². The van der Waals surface area contributed by atoms with Crippen molar-refractivity contribution in [3.05, 3.63) is 121 Å². The summed E-state index contributed by atoms with van der Waals surface area (Å²) in [5, 5.41) is 4.66. The number of nitrogens with zero attached hydrogens (tertiary/aromatic N) is 2. The monoisotopic (exact) mass is 410 g/mol. The van der Waals surface area contributed by atoms with Crippen LogP contribution in [-0.4, -0.2) is 0 Å². The Hall–Kier alpha value is -4.55. The lowest BCUT2D eigenvalue weighted by Gasteiger charge is -2.25. The number of fused-ring (bicyclic) bond motifs is 5. The van der Waals surface area contributed by atoms with Crippen LogP contribution < -0.4 is 4.90 Å². The molecule has 0 saturated carbocycles. The van der Waals surface area contributed by atoms with Crippen molar-refractivity contribution in [3.8, 4) is 0 Å². The zero-order chi connectivity index (χ0) is 21.5. The highest BCUT2D eigenvalue weighted by molar-refractivity contribution is 6.19. The number of hydrogen-bond acceptors (Lipinski definition) is 2. The molecular formula is C29H18N2O. The van der Waals surface area contributed by atoms with Crippen molar-refractivity contribution >= 4 is 55.5 Å². The summed E-state index contributed by atoms with van der Waals surface area (Å²) in [6, 6.07) is 36.8. The molecule has 0 amide bonds. The van der Waals surface area contributed by atoms with E-state index in [1.165, 1.54) is 10.8 Å². The molecule has 0 fully saturated rings. The summed E-state index contributed by atoms with van der Waals surface area (Å²) in [4.78, 5) is 5.70. The minimum Gasteiger partial charge on any atom is -0.456 e. The maximum absolute atomic E-state index is 7.25. The maximum Gasteiger partial charge on any atom is 0.187 e. The lowest BCUT2D eigenvalue weighted by molar-refractivity contribution is 0.669. The molecule has 0 N–H and O–H groups in total. The van der Waals surface area contributed by atoms with Crippen molar-refractivity contribution in [1.29, 1.82) is 0 Å². The second kappa shape index (κ2) is 7.30. The molecule has 0 aliphatic heterocycles. The van der Waals surface area contributed by atoms with Crippen molar-refractivity contribution in [1.82, 2.24) is 0 Å². The Bertz CT molecular complexity index is 1620. The van der Waals surface area contributed by atoms with Crippen LogP contribution in [0.2, 0.25) is 0 Å². The van der Waals surface area contributed by atoms with E-state index in [4.69, 9.17) is 11.0 Å². The SMILES string of the molecule is [C-]#[N+]c1ccc(N(c2ccccc2)c2ccc3c(c2)oc2ccc4ccccc4c23)cc1. The molecule has 0 bridgehead atoms. The van der Waals surface area contributed by atoms with Gasteiger partial charge in [-0.15, -0.1) is 0 Å². The van der Waals surface area contributed by atoms with Gasteiger partial charge >= 0.3 is 0 Å². The molecule has 0 atom stereocenters. The fourth-order valence-electron chi connectivity index (χ4n) is 4.37. The molecule has 6 rings (SSSR count). The molecule has 1 heterocycles. The Balaban J connectivity index is 1.57. The van der Waals surface area contributed by atoms with E-state index < -0.39 is 0 Å². The van der Waals surface area contributed by atoms with Crippen LogP contribution >= 0.6 is 0 Å². The van der Waals surface area contributed by atoms with Crippen LogP contribution in [-0.2, 0) is 0 Å². The highest BCUT2D eigenvalue weighted by Crippen LogP contribution is 2.40. The number of para-hydroxylation sites is 1. The predicted octanol–water partition coefficient (Wildman–Crippen LogP) is 8.76.